The van der Waals surface area contributed by atoms with Gasteiger partial charge < -0.3 is 10.2 Å². The number of hydrogen-bond donors (Lipinski definition) is 2. The lowest BCUT2D eigenvalue weighted by Gasteiger charge is -2.28. The Hall–Kier alpha value is -1.21. The largest absolute Gasteiger partial charge is 0.394 e. The van der Waals surface area contributed by atoms with Crippen molar-refractivity contribution < 1.29 is 10.2 Å². The normalized spacial score (nSPS) is 28.8. The van der Waals surface area contributed by atoms with E-state index in [1.165, 1.54) is 37.3 Å². The number of aromatic nitrogens is 2. The van der Waals surface area contributed by atoms with Gasteiger partial charge in [0.05, 0.1) is 30.6 Å². The Labute approximate surface area is 143 Å². The lowest BCUT2D eigenvalue weighted by atomic mass is 9.86. The van der Waals surface area contributed by atoms with E-state index < -0.39 is 6.10 Å². The van der Waals surface area contributed by atoms with Crippen LogP contribution in [0, 0.1) is 11.8 Å². The van der Waals surface area contributed by atoms with Crippen LogP contribution in [0.2, 0.25) is 0 Å². The number of aliphatic hydroxyl groups is 2. The van der Waals surface area contributed by atoms with Crippen LogP contribution in [0.4, 0.5) is 0 Å². The molecule has 1 aromatic rings. The fourth-order valence-corrected chi connectivity index (χ4v) is 4.44. The summed E-state index contributed by atoms with van der Waals surface area (Å²) >= 11 is 0. The number of rotatable bonds is 5. The molecule has 0 radical (unpaired) electrons. The molecule has 0 bridgehead atoms. The molecular formula is C18H28N4O2. The summed E-state index contributed by atoms with van der Waals surface area (Å²) in [5.74, 6) is 1.67. The van der Waals surface area contributed by atoms with Gasteiger partial charge in [0, 0.05) is 39.3 Å². The van der Waals surface area contributed by atoms with E-state index in [2.05, 4.69) is 32.7 Å². The van der Waals surface area contributed by atoms with Crippen LogP contribution in [-0.2, 0) is 19.6 Å². The highest BCUT2D eigenvalue weighted by molar-refractivity contribution is 5.13. The van der Waals surface area contributed by atoms with E-state index in [0.29, 0.717) is 6.54 Å². The van der Waals surface area contributed by atoms with Crippen molar-refractivity contribution in [2.75, 3.05) is 32.8 Å². The average Bonchev–Trinajstić information content (AvgIpc) is 3.16. The van der Waals surface area contributed by atoms with E-state index in [1.807, 2.05) is 0 Å². The van der Waals surface area contributed by atoms with Gasteiger partial charge in [-0.2, -0.15) is 5.10 Å². The maximum atomic E-state index is 9.63. The molecule has 0 aromatic carbocycles. The minimum atomic E-state index is -0.652. The molecule has 1 fully saturated rings. The molecule has 0 amide bonds. The Morgan fingerprint density at radius 3 is 2.58 bits per heavy atom. The topological polar surface area (TPSA) is 64.8 Å². The van der Waals surface area contributed by atoms with Gasteiger partial charge in [0.2, 0.25) is 0 Å². The maximum Gasteiger partial charge on any atom is 0.0897 e. The summed E-state index contributed by atoms with van der Waals surface area (Å²) in [6.07, 6.45) is 6.51. The second-order valence-corrected chi connectivity index (χ2v) is 7.58. The summed E-state index contributed by atoms with van der Waals surface area (Å²) in [5.41, 5.74) is 2.39. The second-order valence-electron chi connectivity index (χ2n) is 7.58. The minimum Gasteiger partial charge on any atom is -0.394 e. The molecular weight excluding hydrogens is 304 g/mol. The molecule has 132 valence electrons. The Balaban J connectivity index is 1.35. The second kappa shape index (κ2) is 6.96. The van der Waals surface area contributed by atoms with E-state index in [-0.39, 0.29) is 6.61 Å². The highest BCUT2D eigenvalue weighted by Crippen LogP contribution is 2.33. The van der Waals surface area contributed by atoms with Crippen molar-refractivity contribution >= 4 is 0 Å². The highest BCUT2D eigenvalue weighted by atomic mass is 16.3. The zero-order valence-corrected chi connectivity index (χ0v) is 14.2. The molecule has 1 aliphatic carbocycles. The Kier molecular flexibility index (Phi) is 4.72. The summed E-state index contributed by atoms with van der Waals surface area (Å²) in [5, 5.41) is 23.4. The summed E-state index contributed by atoms with van der Waals surface area (Å²) in [7, 11) is 0. The van der Waals surface area contributed by atoms with Gasteiger partial charge in [-0.1, -0.05) is 12.2 Å². The van der Waals surface area contributed by atoms with Crippen LogP contribution in [0.1, 0.15) is 24.2 Å². The molecule has 0 spiro atoms. The van der Waals surface area contributed by atoms with Gasteiger partial charge in [-0.3, -0.25) is 14.5 Å². The molecule has 3 atom stereocenters. The van der Waals surface area contributed by atoms with Crippen molar-refractivity contribution in [1.29, 1.82) is 0 Å². The SMILES string of the molecule is OC[C@@H](O)CN1CCn2nc(CN3C[C@H]4CC=CC[C@H]4C3)cc2C1. The van der Waals surface area contributed by atoms with E-state index in [4.69, 9.17) is 10.2 Å². The molecule has 1 saturated heterocycles. The van der Waals surface area contributed by atoms with Crippen LogP contribution in [-0.4, -0.2) is 68.7 Å². The minimum absolute atomic E-state index is 0.173. The molecule has 3 heterocycles. The number of likely N-dealkylation sites (tertiary alicyclic amines) is 1. The number of β-amino-alcohol motifs (C(OH)–C–C–N with tert-alkyl or cyclic N) is 1. The van der Waals surface area contributed by atoms with Gasteiger partial charge in [0.25, 0.3) is 0 Å². The Morgan fingerprint density at radius 2 is 1.88 bits per heavy atom. The fraction of sp³-hybridized carbons (Fsp3) is 0.722. The molecule has 0 saturated carbocycles. The zero-order valence-electron chi connectivity index (χ0n) is 14.2. The fourth-order valence-electron chi connectivity index (χ4n) is 4.44. The number of hydrogen-bond acceptors (Lipinski definition) is 5. The van der Waals surface area contributed by atoms with Crippen molar-refractivity contribution in [1.82, 2.24) is 19.6 Å². The van der Waals surface area contributed by atoms with Gasteiger partial charge in [0.15, 0.2) is 0 Å². The lowest BCUT2D eigenvalue weighted by Crippen LogP contribution is -2.39. The van der Waals surface area contributed by atoms with Crippen molar-refractivity contribution in [2.45, 2.75) is 38.6 Å². The van der Waals surface area contributed by atoms with Crippen molar-refractivity contribution in [3.05, 3.63) is 29.6 Å². The number of allylic oxidation sites excluding steroid dienone is 2. The van der Waals surface area contributed by atoms with Crippen LogP contribution in [0.25, 0.3) is 0 Å². The molecule has 6 nitrogen and oxygen atoms in total. The van der Waals surface area contributed by atoms with Crippen LogP contribution in [0.3, 0.4) is 0 Å². The zero-order chi connectivity index (χ0) is 16.5. The van der Waals surface area contributed by atoms with Crippen molar-refractivity contribution in [3.8, 4) is 0 Å². The van der Waals surface area contributed by atoms with E-state index >= 15 is 0 Å². The molecule has 1 aromatic heterocycles. The number of aliphatic hydroxyl groups excluding tert-OH is 2. The van der Waals surface area contributed by atoms with E-state index in [1.54, 1.807) is 0 Å². The predicted octanol–water partition coefficient (Wildman–Crippen LogP) is 0.450. The molecule has 4 rings (SSSR count). The Morgan fingerprint density at radius 1 is 1.12 bits per heavy atom. The molecule has 2 N–H and O–H groups in total. The quantitative estimate of drug-likeness (QED) is 0.767. The summed E-state index contributed by atoms with van der Waals surface area (Å²) in [6.45, 7) is 6.25. The van der Waals surface area contributed by atoms with Gasteiger partial charge >= 0.3 is 0 Å². The molecule has 3 aliphatic rings. The molecule has 0 unspecified atom stereocenters. The smallest absolute Gasteiger partial charge is 0.0897 e. The first-order valence-corrected chi connectivity index (χ1v) is 9.15. The first-order chi connectivity index (χ1) is 11.7. The monoisotopic (exact) mass is 332 g/mol. The van der Waals surface area contributed by atoms with Gasteiger partial charge in [-0.25, -0.2) is 0 Å². The third-order valence-electron chi connectivity index (χ3n) is 5.69. The Bertz CT molecular complexity index is 584. The molecule has 6 heteroatoms. The van der Waals surface area contributed by atoms with Crippen LogP contribution in [0.5, 0.6) is 0 Å². The molecule has 24 heavy (non-hydrogen) atoms. The summed E-state index contributed by atoms with van der Waals surface area (Å²) < 4.78 is 2.11. The third kappa shape index (κ3) is 3.42. The van der Waals surface area contributed by atoms with Gasteiger partial charge in [0.1, 0.15) is 0 Å². The first kappa shape index (κ1) is 16.3. The number of nitrogens with zero attached hydrogens (tertiary/aromatic N) is 4. The number of fused-ring (bicyclic) bond motifs is 2. The predicted molar refractivity (Wildman–Crippen MR) is 91.2 cm³/mol. The van der Waals surface area contributed by atoms with Crippen LogP contribution in [0.15, 0.2) is 18.2 Å². The first-order valence-electron chi connectivity index (χ1n) is 9.15. The highest BCUT2D eigenvalue weighted by Gasteiger charge is 2.33. The van der Waals surface area contributed by atoms with Gasteiger partial charge in [-0.15, -0.1) is 0 Å². The third-order valence-corrected chi connectivity index (χ3v) is 5.69. The molecule has 2 aliphatic heterocycles. The van der Waals surface area contributed by atoms with Crippen molar-refractivity contribution in [2.24, 2.45) is 11.8 Å². The van der Waals surface area contributed by atoms with Gasteiger partial charge in [-0.05, 0) is 30.7 Å². The van der Waals surface area contributed by atoms with Crippen molar-refractivity contribution in [3.63, 3.8) is 0 Å². The van der Waals surface area contributed by atoms with E-state index in [9.17, 15) is 5.11 Å². The van der Waals surface area contributed by atoms with E-state index in [0.717, 1.165) is 38.0 Å². The maximum absolute atomic E-state index is 9.63. The average molecular weight is 332 g/mol. The summed E-state index contributed by atoms with van der Waals surface area (Å²) in [4.78, 5) is 4.75. The lowest BCUT2D eigenvalue weighted by molar-refractivity contribution is 0.0499. The summed E-state index contributed by atoms with van der Waals surface area (Å²) in [6, 6.07) is 2.22. The van der Waals surface area contributed by atoms with Crippen LogP contribution >= 0.6 is 0 Å². The standard InChI is InChI=1S/C18H28N4O2/c23-13-18(24)12-20-5-6-22-17(11-20)7-16(19-22)10-21-8-14-3-1-2-4-15(14)9-21/h1-2,7,14-15,18,23-24H,3-6,8-13H2/t14-,15+,18-/m0/s1. The van der Waals surface area contributed by atoms with Crippen LogP contribution < -0.4 is 0 Å².